The molecule has 2 aromatic rings. The molecule has 0 saturated heterocycles. The Balaban J connectivity index is 2.12. The van der Waals surface area contributed by atoms with E-state index in [2.05, 4.69) is 4.98 Å². The molecule has 0 atom stereocenters. The van der Waals surface area contributed by atoms with Gasteiger partial charge in [-0.3, -0.25) is 4.98 Å². The Bertz CT molecular complexity index is 636. The largest absolute Gasteiger partial charge is 0.372 e. The zero-order valence-electron chi connectivity index (χ0n) is 11.0. The summed E-state index contributed by atoms with van der Waals surface area (Å²) in [4.78, 5) is 5.78. The van der Waals surface area contributed by atoms with Crippen LogP contribution in [0.15, 0.2) is 36.5 Å². The molecule has 0 N–H and O–H groups in total. The monoisotopic (exact) mass is 273 g/mol. The van der Waals surface area contributed by atoms with Crippen molar-refractivity contribution in [2.24, 2.45) is 0 Å². The molecule has 0 aliphatic rings. The third-order valence-corrected chi connectivity index (χ3v) is 3.02. The molecule has 0 saturated carbocycles. The van der Waals surface area contributed by atoms with Gasteiger partial charge in [-0.25, -0.2) is 8.78 Å². The van der Waals surface area contributed by atoms with Gasteiger partial charge in [0, 0.05) is 31.9 Å². The highest BCUT2D eigenvalue weighted by atomic mass is 19.2. The molecule has 0 spiro atoms. The first-order valence-electron chi connectivity index (χ1n) is 6.12. The summed E-state index contributed by atoms with van der Waals surface area (Å²) in [6.07, 6.45) is 2.32. The van der Waals surface area contributed by atoms with Crippen LogP contribution in [0.1, 0.15) is 11.3 Å². The quantitative estimate of drug-likeness (QED) is 0.860. The topological polar surface area (TPSA) is 39.9 Å². The number of hydrogen-bond acceptors (Lipinski definition) is 3. The number of nitriles is 1. The second-order valence-electron chi connectivity index (χ2n) is 4.36. The van der Waals surface area contributed by atoms with E-state index in [0.717, 1.165) is 5.69 Å². The molecule has 20 heavy (non-hydrogen) atoms. The van der Waals surface area contributed by atoms with Gasteiger partial charge in [0.15, 0.2) is 11.6 Å². The Morgan fingerprint density at radius 3 is 2.65 bits per heavy atom. The van der Waals surface area contributed by atoms with Crippen molar-refractivity contribution >= 4 is 5.69 Å². The second-order valence-corrected chi connectivity index (χ2v) is 4.36. The van der Waals surface area contributed by atoms with E-state index in [4.69, 9.17) is 5.26 Å². The van der Waals surface area contributed by atoms with E-state index in [-0.39, 0.29) is 11.3 Å². The van der Waals surface area contributed by atoms with E-state index in [1.54, 1.807) is 24.2 Å². The first-order chi connectivity index (χ1) is 9.63. The molecular weight excluding hydrogens is 260 g/mol. The number of pyridine rings is 1. The fourth-order valence-electron chi connectivity index (χ4n) is 1.87. The van der Waals surface area contributed by atoms with E-state index in [1.165, 1.54) is 12.1 Å². The van der Waals surface area contributed by atoms with E-state index < -0.39 is 11.6 Å². The van der Waals surface area contributed by atoms with Gasteiger partial charge in [0.25, 0.3) is 0 Å². The summed E-state index contributed by atoms with van der Waals surface area (Å²) in [5.41, 5.74) is 0.732. The fraction of sp³-hybridized carbons (Fsp3) is 0.200. The summed E-state index contributed by atoms with van der Waals surface area (Å²) in [6.45, 7) is 0.499. The van der Waals surface area contributed by atoms with E-state index in [0.29, 0.717) is 13.0 Å². The Labute approximate surface area is 116 Å². The highest BCUT2D eigenvalue weighted by Crippen LogP contribution is 2.23. The first kappa shape index (κ1) is 13.9. The van der Waals surface area contributed by atoms with Crippen LogP contribution in [0.2, 0.25) is 0 Å². The predicted octanol–water partition coefficient (Wildman–Crippen LogP) is 2.91. The summed E-state index contributed by atoms with van der Waals surface area (Å²) in [6, 6.07) is 9.89. The number of hydrogen-bond donors (Lipinski definition) is 0. The second kappa shape index (κ2) is 6.11. The van der Waals surface area contributed by atoms with Crippen molar-refractivity contribution in [3.63, 3.8) is 0 Å². The van der Waals surface area contributed by atoms with Gasteiger partial charge >= 0.3 is 0 Å². The number of rotatable bonds is 4. The minimum absolute atomic E-state index is 0.137. The Morgan fingerprint density at radius 2 is 2.00 bits per heavy atom. The summed E-state index contributed by atoms with van der Waals surface area (Å²) in [7, 11) is 1.67. The summed E-state index contributed by atoms with van der Waals surface area (Å²) in [5.74, 6) is -2.10. The van der Waals surface area contributed by atoms with Crippen LogP contribution in [0, 0.1) is 23.0 Å². The average Bonchev–Trinajstić information content (AvgIpc) is 2.48. The van der Waals surface area contributed by atoms with Crippen molar-refractivity contribution in [3.05, 3.63) is 59.4 Å². The normalized spacial score (nSPS) is 10.1. The molecule has 0 radical (unpaired) electrons. The van der Waals surface area contributed by atoms with Gasteiger partial charge < -0.3 is 4.90 Å². The molecule has 102 valence electrons. The van der Waals surface area contributed by atoms with Gasteiger partial charge in [-0.15, -0.1) is 0 Å². The van der Waals surface area contributed by atoms with Gasteiger partial charge in [-0.2, -0.15) is 5.26 Å². The van der Waals surface area contributed by atoms with Crippen molar-refractivity contribution in [2.45, 2.75) is 6.42 Å². The SMILES string of the molecule is CN(CCc1ccccn1)c1ccc(C#N)c(F)c1F. The van der Waals surface area contributed by atoms with Crippen molar-refractivity contribution in [2.75, 3.05) is 18.5 Å². The maximum atomic E-state index is 13.8. The molecule has 1 aromatic heterocycles. The molecule has 0 bridgehead atoms. The van der Waals surface area contributed by atoms with Crippen LogP contribution in [0.4, 0.5) is 14.5 Å². The molecular formula is C15H13F2N3. The Morgan fingerprint density at radius 1 is 1.20 bits per heavy atom. The van der Waals surface area contributed by atoms with Gasteiger partial charge in [0.1, 0.15) is 6.07 Å². The third kappa shape index (κ3) is 2.91. The fourth-order valence-corrected chi connectivity index (χ4v) is 1.87. The van der Waals surface area contributed by atoms with E-state index in [1.807, 2.05) is 18.2 Å². The van der Waals surface area contributed by atoms with Gasteiger partial charge in [-0.1, -0.05) is 6.07 Å². The molecule has 2 rings (SSSR count). The van der Waals surface area contributed by atoms with Gasteiger partial charge in [0.05, 0.1) is 11.3 Å². The first-order valence-corrected chi connectivity index (χ1v) is 6.12. The standard InChI is InChI=1S/C15H13F2N3/c1-20(9-7-12-4-2-3-8-19-12)13-6-5-11(10-18)14(16)15(13)17/h2-6,8H,7,9H2,1H3. The van der Waals surface area contributed by atoms with Crippen LogP contribution in [0.5, 0.6) is 0 Å². The predicted molar refractivity (Wildman–Crippen MR) is 72.3 cm³/mol. The number of likely N-dealkylation sites (N-methyl/N-ethyl adjacent to an activating group) is 1. The highest BCUT2D eigenvalue weighted by Gasteiger charge is 2.15. The number of halogens is 2. The number of nitrogens with zero attached hydrogens (tertiary/aromatic N) is 3. The molecule has 0 unspecified atom stereocenters. The lowest BCUT2D eigenvalue weighted by atomic mass is 10.1. The molecule has 5 heteroatoms. The lowest BCUT2D eigenvalue weighted by Crippen LogP contribution is -2.22. The van der Waals surface area contributed by atoms with Crippen LogP contribution in [0.25, 0.3) is 0 Å². The van der Waals surface area contributed by atoms with E-state index >= 15 is 0 Å². The lowest BCUT2D eigenvalue weighted by molar-refractivity contribution is 0.505. The minimum atomic E-state index is -1.10. The maximum Gasteiger partial charge on any atom is 0.183 e. The smallest absolute Gasteiger partial charge is 0.183 e. The summed E-state index contributed by atoms with van der Waals surface area (Å²) >= 11 is 0. The molecule has 0 aliphatic carbocycles. The average molecular weight is 273 g/mol. The molecule has 1 heterocycles. The van der Waals surface area contributed by atoms with Crippen LogP contribution < -0.4 is 4.90 Å². The van der Waals surface area contributed by atoms with Gasteiger partial charge in [0.2, 0.25) is 0 Å². The minimum Gasteiger partial charge on any atom is -0.372 e. The lowest BCUT2D eigenvalue weighted by Gasteiger charge is -2.20. The molecule has 0 amide bonds. The zero-order chi connectivity index (χ0) is 14.5. The van der Waals surface area contributed by atoms with Crippen LogP contribution in [-0.2, 0) is 6.42 Å². The number of benzene rings is 1. The highest BCUT2D eigenvalue weighted by molar-refractivity contribution is 5.51. The van der Waals surface area contributed by atoms with Crippen LogP contribution in [0.3, 0.4) is 0 Å². The summed E-state index contributed by atoms with van der Waals surface area (Å²) < 4.78 is 27.4. The molecule has 0 fully saturated rings. The zero-order valence-corrected chi connectivity index (χ0v) is 11.0. The molecule has 3 nitrogen and oxygen atoms in total. The van der Waals surface area contributed by atoms with Crippen molar-refractivity contribution in [3.8, 4) is 6.07 Å². The van der Waals surface area contributed by atoms with Crippen LogP contribution in [-0.4, -0.2) is 18.6 Å². The molecule has 0 aliphatic heterocycles. The number of aromatic nitrogens is 1. The van der Waals surface area contributed by atoms with Crippen molar-refractivity contribution in [1.82, 2.24) is 4.98 Å². The third-order valence-electron chi connectivity index (χ3n) is 3.02. The summed E-state index contributed by atoms with van der Waals surface area (Å²) in [5, 5.41) is 8.65. The van der Waals surface area contributed by atoms with Crippen molar-refractivity contribution < 1.29 is 8.78 Å². The Hall–Kier alpha value is -2.48. The van der Waals surface area contributed by atoms with Gasteiger partial charge in [-0.05, 0) is 24.3 Å². The van der Waals surface area contributed by atoms with Crippen molar-refractivity contribution in [1.29, 1.82) is 5.26 Å². The molecule has 1 aromatic carbocycles. The Kier molecular flexibility index (Phi) is 4.26. The van der Waals surface area contributed by atoms with Crippen LogP contribution >= 0.6 is 0 Å². The number of anilines is 1. The van der Waals surface area contributed by atoms with E-state index in [9.17, 15) is 8.78 Å². The maximum absolute atomic E-state index is 13.8.